The van der Waals surface area contributed by atoms with Gasteiger partial charge < -0.3 is 9.88 Å². The van der Waals surface area contributed by atoms with E-state index in [-0.39, 0.29) is 0 Å². The first-order valence-electron chi connectivity index (χ1n) is 5.21. The largest absolute Gasteiger partial charge is 0.360 e. The molecule has 86 valence electrons. The molecule has 16 heavy (non-hydrogen) atoms. The van der Waals surface area contributed by atoms with E-state index in [4.69, 9.17) is 0 Å². The zero-order chi connectivity index (χ0) is 11.5. The molecule has 2 rings (SSSR count). The van der Waals surface area contributed by atoms with Gasteiger partial charge in [0.1, 0.15) is 5.69 Å². The van der Waals surface area contributed by atoms with Crippen LogP contribution in [0.1, 0.15) is 13.8 Å². The minimum absolute atomic E-state index is 0.601. The summed E-state index contributed by atoms with van der Waals surface area (Å²) in [6.07, 6.45) is 3.52. The molecule has 0 aliphatic rings. The van der Waals surface area contributed by atoms with Crippen molar-refractivity contribution in [2.75, 3.05) is 11.9 Å². The highest BCUT2D eigenvalue weighted by atomic mass is 32.1. The number of hydrogen-bond donors (Lipinski definition) is 1. The van der Waals surface area contributed by atoms with E-state index < -0.39 is 0 Å². The summed E-state index contributed by atoms with van der Waals surface area (Å²) in [4.78, 5) is 8.47. The van der Waals surface area contributed by atoms with Crippen LogP contribution in [-0.2, 0) is 7.05 Å². The SMILES string of the molecule is CC(C)CNc1nc(-c2cncn2C)ns1. The lowest BCUT2D eigenvalue weighted by atomic mass is 10.2. The molecule has 0 fully saturated rings. The zero-order valence-electron chi connectivity index (χ0n) is 9.64. The van der Waals surface area contributed by atoms with Crippen molar-refractivity contribution in [2.45, 2.75) is 13.8 Å². The molecule has 0 saturated carbocycles. The third kappa shape index (κ3) is 2.38. The number of nitrogens with one attached hydrogen (secondary N) is 1. The van der Waals surface area contributed by atoms with Gasteiger partial charge in [0.2, 0.25) is 5.13 Å². The molecule has 5 nitrogen and oxygen atoms in total. The van der Waals surface area contributed by atoms with Crippen molar-refractivity contribution in [3.05, 3.63) is 12.5 Å². The zero-order valence-corrected chi connectivity index (χ0v) is 10.5. The van der Waals surface area contributed by atoms with Crippen LogP contribution in [0.3, 0.4) is 0 Å². The summed E-state index contributed by atoms with van der Waals surface area (Å²) in [5.74, 6) is 1.33. The molecule has 0 spiro atoms. The molecule has 0 amide bonds. The molecule has 6 heteroatoms. The number of anilines is 1. The summed E-state index contributed by atoms with van der Waals surface area (Å²) in [6.45, 7) is 5.24. The maximum absolute atomic E-state index is 4.42. The Morgan fingerprint density at radius 1 is 1.50 bits per heavy atom. The Morgan fingerprint density at radius 3 is 2.94 bits per heavy atom. The molecule has 0 aromatic carbocycles. The third-order valence-corrected chi connectivity index (χ3v) is 2.81. The van der Waals surface area contributed by atoms with Crippen LogP contribution >= 0.6 is 11.5 Å². The van der Waals surface area contributed by atoms with Crippen molar-refractivity contribution in [3.63, 3.8) is 0 Å². The lowest BCUT2D eigenvalue weighted by molar-refractivity contribution is 0.688. The summed E-state index contributed by atoms with van der Waals surface area (Å²) in [5, 5.41) is 4.13. The molecule has 2 heterocycles. The Balaban J connectivity index is 2.11. The van der Waals surface area contributed by atoms with E-state index in [9.17, 15) is 0 Å². The molecule has 0 aliphatic carbocycles. The summed E-state index contributed by atoms with van der Waals surface area (Å²) >= 11 is 1.39. The van der Waals surface area contributed by atoms with Crippen molar-refractivity contribution >= 4 is 16.7 Å². The molecule has 0 radical (unpaired) electrons. The minimum Gasteiger partial charge on any atom is -0.360 e. The van der Waals surface area contributed by atoms with Gasteiger partial charge in [-0.05, 0) is 5.92 Å². The number of aryl methyl sites for hydroxylation is 1. The van der Waals surface area contributed by atoms with E-state index in [1.54, 1.807) is 12.5 Å². The fourth-order valence-corrected chi connectivity index (χ4v) is 1.85. The monoisotopic (exact) mass is 237 g/mol. The van der Waals surface area contributed by atoms with E-state index in [0.29, 0.717) is 5.92 Å². The van der Waals surface area contributed by atoms with Gasteiger partial charge in [-0.15, -0.1) is 0 Å². The van der Waals surface area contributed by atoms with Crippen molar-refractivity contribution in [3.8, 4) is 11.5 Å². The summed E-state index contributed by atoms with van der Waals surface area (Å²) in [7, 11) is 1.94. The number of nitrogens with zero attached hydrogens (tertiary/aromatic N) is 4. The normalized spacial score (nSPS) is 11.0. The van der Waals surface area contributed by atoms with Crippen LogP contribution < -0.4 is 5.32 Å². The van der Waals surface area contributed by atoms with Gasteiger partial charge in [-0.25, -0.2) is 4.98 Å². The van der Waals surface area contributed by atoms with Crippen molar-refractivity contribution in [1.29, 1.82) is 0 Å². The van der Waals surface area contributed by atoms with Gasteiger partial charge >= 0.3 is 0 Å². The van der Waals surface area contributed by atoms with Crippen LogP contribution in [0.15, 0.2) is 12.5 Å². The van der Waals surface area contributed by atoms with Crippen LogP contribution in [0.25, 0.3) is 11.5 Å². The van der Waals surface area contributed by atoms with Crippen LogP contribution in [0, 0.1) is 5.92 Å². The van der Waals surface area contributed by atoms with Gasteiger partial charge in [0.15, 0.2) is 5.82 Å². The Labute approximate surface area is 98.7 Å². The van der Waals surface area contributed by atoms with Crippen LogP contribution in [-0.4, -0.2) is 25.5 Å². The van der Waals surface area contributed by atoms with Crippen molar-refractivity contribution in [2.24, 2.45) is 13.0 Å². The summed E-state index contributed by atoms with van der Waals surface area (Å²) in [6, 6.07) is 0. The molecular formula is C10H15N5S. The molecule has 1 N–H and O–H groups in total. The molecule has 0 aliphatic heterocycles. The predicted molar refractivity (Wildman–Crippen MR) is 65.4 cm³/mol. The second-order valence-corrected chi connectivity index (χ2v) is 4.84. The maximum atomic E-state index is 4.42. The van der Waals surface area contributed by atoms with Crippen molar-refractivity contribution < 1.29 is 0 Å². The van der Waals surface area contributed by atoms with Crippen LogP contribution in [0.2, 0.25) is 0 Å². The van der Waals surface area contributed by atoms with E-state index in [2.05, 4.69) is 33.5 Å². The number of rotatable bonds is 4. The van der Waals surface area contributed by atoms with E-state index in [0.717, 1.165) is 23.2 Å². The molecular weight excluding hydrogens is 222 g/mol. The van der Waals surface area contributed by atoms with E-state index >= 15 is 0 Å². The Bertz CT molecular complexity index is 459. The summed E-state index contributed by atoms with van der Waals surface area (Å²) < 4.78 is 6.22. The van der Waals surface area contributed by atoms with Gasteiger partial charge in [-0.3, -0.25) is 0 Å². The second-order valence-electron chi connectivity index (χ2n) is 4.09. The minimum atomic E-state index is 0.601. The molecule has 2 aromatic rings. The lowest BCUT2D eigenvalue weighted by Crippen LogP contribution is -2.07. The average molecular weight is 237 g/mol. The average Bonchev–Trinajstić information content (AvgIpc) is 2.83. The molecule has 0 unspecified atom stereocenters. The molecule has 2 aromatic heterocycles. The first kappa shape index (κ1) is 11.1. The van der Waals surface area contributed by atoms with E-state index in [1.165, 1.54) is 11.5 Å². The predicted octanol–water partition coefficient (Wildman–Crippen LogP) is 2.01. The Morgan fingerprint density at radius 2 is 2.31 bits per heavy atom. The van der Waals surface area contributed by atoms with Crippen LogP contribution in [0.5, 0.6) is 0 Å². The van der Waals surface area contributed by atoms with E-state index in [1.807, 2.05) is 11.6 Å². The third-order valence-electron chi connectivity index (χ3n) is 2.13. The first-order chi connectivity index (χ1) is 7.66. The standard InChI is InChI=1S/C10H15N5S/c1-7(2)4-12-10-13-9(14-16-10)8-5-11-6-15(8)3/h5-7H,4H2,1-3H3,(H,12,13,14). The first-order valence-corrected chi connectivity index (χ1v) is 5.98. The topological polar surface area (TPSA) is 55.6 Å². The van der Waals surface area contributed by atoms with Gasteiger partial charge in [0.05, 0.1) is 12.5 Å². The number of aromatic nitrogens is 4. The highest BCUT2D eigenvalue weighted by Crippen LogP contribution is 2.20. The number of imidazole rings is 1. The quantitative estimate of drug-likeness (QED) is 0.883. The fourth-order valence-electron chi connectivity index (χ4n) is 1.26. The smallest absolute Gasteiger partial charge is 0.202 e. The highest BCUT2D eigenvalue weighted by molar-refractivity contribution is 7.09. The van der Waals surface area contributed by atoms with Gasteiger partial charge in [-0.2, -0.15) is 9.36 Å². The number of hydrogen-bond acceptors (Lipinski definition) is 5. The van der Waals surface area contributed by atoms with Crippen molar-refractivity contribution in [1.82, 2.24) is 18.9 Å². The lowest BCUT2D eigenvalue weighted by Gasteiger charge is -2.03. The Kier molecular flexibility index (Phi) is 3.19. The van der Waals surface area contributed by atoms with Gasteiger partial charge in [0.25, 0.3) is 0 Å². The Hall–Kier alpha value is -1.43. The molecule has 0 bridgehead atoms. The van der Waals surface area contributed by atoms with Gasteiger partial charge in [0, 0.05) is 25.1 Å². The fraction of sp³-hybridized carbons (Fsp3) is 0.500. The maximum Gasteiger partial charge on any atom is 0.202 e. The van der Waals surface area contributed by atoms with Gasteiger partial charge in [-0.1, -0.05) is 13.8 Å². The highest BCUT2D eigenvalue weighted by Gasteiger charge is 2.09. The van der Waals surface area contributed by atoms with Crippen LogP contribution in [0.4, 0.5) is 5.13 Å². The molecule has 0 saturated heterocycles. The second kappa shape index (κ2) is 4.61. The summed E-state index contributed by atoms with van der Waals surface area (Å²) in [5.41, 5.74) is 0.939. The molecule has 0 atom stereocenters.